The van der Waals surface area contributed by atoms with E-state index in [9.17, 15) is 27.2 Å². The standard InChI is InChI=1S/C47H85F4NO4/c1-5-7-9-18-26-36-46(48,49)38-29-41-55-44(53)34-24-15-11-13-21-31-43(33-23-17-20-28-40-52(3)4)32-22-14-12-16-25-35-45(54)56-42-30-39-47(50,51)37-27-19-10-8-6-2/h29-30,38-39,43H,5-28,31-37,40-42H2,1-4H3/b38-29-,39-30-. The Hall–Kier alpha value is -1.90. The monoisotopic (exact) mass is 804 g/mol. The van der Waals surface area contributed by atoms with Crippen molar-refractivity contribution in [3.63, 3.8) is 0 Å². The highest BCUT2D eigenvalue weighted by Crippen LogP contribution is 2.26. The minimum Gasteiger partial charge on any atom is -0.461 e. The maximum Gasteiger partial charge on any atom is 0.306 e. The zero-order valence-electron chi connectivity index (χ0n) is 36.5. The molecular weight excluding hydrogens is 719 g/mol. The molecule has 9 heteroatoms. The third-order valence-corrected chi connectivity index (χ3v) is 10.6. The molecule has 0 N–H and O–H groups in total. The molecule has 0 heterocycles. The van der Waals surface area contributed by atoms with E-state index >= 15 is 0 Å². The molecule has 0 rings (SSSR count). The molecule has 0 aromatic carbocycles. The van der Waals surface area contributed by atoms with Crippen molar-refractivity contribution in [1.82, 2.24) is 4.90 Å². The molecule has 0 atom stereocenters. The van der Waals surface area contributed by atoms with Crippen molar-refractivity contribution in [2.24, 2.45) is 5.92 Å². The van der Waals surface area contributed by atoms with Crippen LogP contribution in [0.1, 0.15) is 213 Å². The van der Waals surface area contributed by atoms with Gasteiger partial charge in [0.2, 0.25) is 0 Å². The summed E-state index contributed by atoms with van der Waals surface area (Å²) in [6, 6.07) is 0. The SMILES string of the molecule is CCCCCCCC(F)(F)/C=C\COC(=O)CCCCCCCC(CCCCCCCC(=O)OC/C=C\C(F)(F)CCCCCCC)CCCCCCN(C)C. The van der Waals surface area contributed by atoms with E-state index in [2.05, 4.69) is 32.8 Å². The summed E-state index contributed by atoms with van der Waals surface area (Å²) in [5.41, 5.74) is 0. The molecule has 0 fully saturated rings. The largest absolute Gasteiger partial charge is 0.461 e. The first-order valence-corrected chi connectivity index (χ1v) is 23.0. The Balaban J connectivity index is 4.21. The van der Waals surface area contributed by atoms with Crippen molar-refractivity contribution in [2.45, 2.75) is 225 Å². The number of hydrogen-bond acceptors (Lipinski definition) is 5. The zero-order valence-corrected chi connectivity index (χ0v) is 36.5. The van der Waals surface area contributed by atoms with E-state index in [1.165, 1.54) is 69.9 Å². The van der Waals surface area contributed by atoms with E-state index in [0.29, 0.717) is 25.7 Å². The smallest absolute Gasteiger partial charge is 0.306 e. The molecule has 0 aliphatic carbocycles. The molecule has 56 heavy (non-hydrogen) atoms. The van der Waals surface area contributed by atoms with Crippen LogP contribution in [0.5, 0.6) is 0 Å². The van der Waals surface area contributed by atoms with E-state index in [1.807, 2.05) is 0 Å². The zero-order chi connectivity index (χ0) is 41.6. The highest BCUT2D eigenvalue weighted by Gasteiger charge is 2.24. The maximum absolute atomic E-state index is 14.0. The molecule has 0 saturated carbocycles. The van der Waals surface area contributed by atoms with E-state index in [4.69, 9.17) is 9.47 Å². The normalized spacial score (nSPS) is 12.5. The van der Waals surface area contributed by atoms with Gasteiger partial charge in [0, 0.05) is 25.7 Å². The number of ether oxygens (including phenoxy) is 2. The summed E-state index contributed by atoms with van der Waals surface area (Å²) in [6.45, 7) is 5.15. The van der Waals surface area contributed by atoms with Crippen LogP contribution >= 0.6 is 0 Å². The first kappa shape index (κ1) is 54.1. The first-order valence-electron chi connectivity index (χ1n) is 23.0. The summed E-state index contributed by atoms with van der Waals surface area (Å²) in [5.74, 6) is -5.59. The van der Waals surface area contributed by atoms with Crippen LogP contribution in [0.3, 0.4) is 0 Å². The van der Waals surface area contributed by atoms with Crippen LogP contribution in [0.15, 0.2) is 24.3 Å². The summed E-state index contributed by atoms with van der Waals surface area (Å²) in [7, 11) is 4.25. The summed E-state index contributed by atoms with van der Waals surface area (Å²) in [5, 5.41) is 0. The molecule has 0 radical (unpaired) electrons. The topological polar surface area (TPSA) is 55.8 Å². The Morgan fingerprint density at radius 3 is 1.23 bits per heavy atom. The second-order valence-electron chi connectivity index (χ2n) is 16.5. The molecule has 0 aromatic heterocycles. The van der Waals surface area contributed by atoms with Gasteiger partial charge in [-0.2, -0.15) is 0 Å². The minimum absolute atomic E-state index is 0.0963. The lowest BCUT2D eigenvalue weighted by molar-refractivity contribution is -0.143. The third-order valence-electron chi connectivity index (χ3n) is 10.6. The number of allylic oxidation sites excluding steroid dienone is 2. The van der Waals surface area contributed by atoms with Crippen LogP contribution < -0.4 is 0 Å². The number of unbranched alkanes of at least 4 members (excludes halogenated alkanes) is 19. The number of nitrogens with zero attached hydrogens (tertiary/aromatic N) is 1. The number of hydrogen-bond donors (Lipinski definition) is 0. The van der Waals surface area contributed by atoms with Gasteiger partial charge in [-0.1, -0.05) is 155 Å². The number of carbonyl (C=O) groups excluding carboxylic acids is 2. The third kappa shape index (κ3) is 38.9. The molecule has 5 nitrogen and oxygen atoms in total. The van der Waals surface area contributed by atoms with Gasteiger partial charge in [-0.15, -0.1) is 0 Å². The van der Waals surface area contributed by atoms with Crippen LogP contribution in [-0.4, -0.2) is 62.5 Å². The fraction of sp³-hybridized carbons (Fsp3) is 0.872. The predicted octanol–water partition coefficient (Wildman–Crippen LogP) is 14.8. The van der Waals surface area contributed by atoms with Gasteiger partial charge < -0.3 is 14.4 Å². The Morgan fingerprint density at radius 2 is 0.839 bits per heavy atom. The lowest BCUT2D eigenvalue weighted by atomic mass is 9.89. The van der Waals surface area contributed by atoms with Crippen LogP contribution in [0.2, 0.25) is 0 Å². The van der Waals surface area contributed by atoms with Gasteiger partial charge in [0.1, 0.15) is 13.2 Å². The van der Waals surface area contributed by atoms with E-state index in [-0.39, 0.29) is 38.0 Å². The van der Waals surface area contributed by atoms with E-state index in [0.717, 1.165) is 127 Å². The Labute approximate surface area is 341 Å². The van der Waals surface area contributed by atoms with Crippen LogP contribution in [-0.2, 0) is 19.1 Å². The molecule has 0 amide bonds. The fourth-order valence-corrected chi connectivity index (χ4v) is 7.08. The average molecular weight is 804 g/mol. The van der Waals surface area contributed by atoms with Crippen molar-refractivity contribution in [3.8, 4) is 0 Å². The molecule has 0 spiro atoms. The Bertz CT molecular complexity index is 906. The Morgan fingerprint density at radius 1 is 0.500 bits per heavy atom. The van der Waals surface area contributed by atoms with Crippen molar-refractivity contribution in [1.29, 1.82) is 0 Å². The van der Waals surface area contributed by atoms with Gasteiger partial charge in [0.25, 0.3) is 11.8 Å². The molecule has 0 bridgehead atoms. The lowest BCUT2D eigenvalue weighted by Gasteiger charge is -2.17. The molecule has 0 aliphatic heterocycles. The van der Waals surface area contributed by atoms with Gasteiger partial charge in [0.15, 0.2) is 0 Å². The van der Waals surface area contributed by atoms with Gasteiger partial charge in [-0.3, -0.25) is 9.59 Å². The second kappa shape index (κ2) is 37.4. The van der Waals surface area contributed by atoms with Gasteiger partial charge >= 0.3 is 11.9 Å². The summed E-state index contributed by atoms with van der Waals surface area (Å²) in [4.78, 5) is 26.4. The number of halogens is 4. The van der Waals surface area contributed by atoms with Gasteiger partial charge in [-0.25, -0.2) is 17.6 Å². The van der Waals surface area contributed by atoms with Gasteiger partial charge in [0.05, 0.1) is 0 Å². The lowest BCUT2D eigenvalue weighted by Crippen LogP contribution is -2.12. The maximum atomic E-state index is 14.0. The molecule has 0 aliphatic rings. The van der Waals surface area contributed by atoms with E-state index in [1.54, 1.807) is 0 Å². The summed E-state index contributed by atoms with van der Waals surface area (Å²) >= 11 is 0. The average Bonchev–Trinajstić information content (AvgIpc) is 3.15. The van der Waals surface area contributed by atoms with Crippen molar-refractivity contribution < 1.29 is 36.6 Å². The number of esters is 2. The van der Waals surface area contributed by atoms with Gasteiger partial charge in [-0.05, 0) is 83.0 Å². The summed E-state index contributed by atoms with van der Waals surface area (Å²) < 4.78 is 66.2. The molecule has 0 saturated heterocycles. The number of rotatable bonds is 41. The molecular formula is C47H85F4NO4. The van der Waals surface area contributed by atoms with Crippen molar-refractivity contribution in [2.75, 3.05) is 33.9 Å². The summed E-state index contributed by atoms with van der Waals surface area (Å²) in [6.07, 6.45) is 32.8. The molecule has 0 aromatic rings. The number of alkyl halides is 4. The highest BCUT2D eigenvalue weighted by atomic mass is 19.3. The van der Waals surface area contributed by atoms with Crippen molar-refractivity contribution in [3.05, 3.63) is 24.3 Å². The fourth-order valence-electron chi connectivity index (χ4n) is 7.08. The minimum atomic E-state index is -2.84. The van der Waals surface area contributed by atoms with Crippen LogP contribution in [0.4, 0.5) is 17.6 Å². The quantitative estimate of drug-likeness (QED) is 0.0267. The van der Waals surface area contributed by atoms with Crippen LogP contribution in [0.25, 0.3) is 0 Å². The second-order valence-corrected chi connectivity index (χ2v) is 16.5. The molecule has 0 unspecified atom stereocenters. The van der Waals surface area contributed by atoms with Crippen molar-refractivity contribution >= 4 is 11.9 Å². The molecule has 330 valence electrons. The Kier molecular flexibility index (Phi) is 36.1. The van der Waals surface area contributed by atoms with Crippen LogP contribution in [0, 0.1) is 5.92 Å². The number of carbonyl (C=O) groups is 2. The predicted molar refractivity (Wildman–Crippen MR) is 227 cm³/mol. The highest BCUT2D eigenvalue weighted by molar-refractivity contribution is 5.69. The first-order chi connectivity index (χ1) is 26.9. The van der Waals surface area contributed by atoms with E-state index < -0.39 is 11.8 Å².